The molecular formula is C11H24N2O3S. The van der Waals surface area contributed by atoms with Crippen LogP contribution in [0, 0.1) is 0 Å². The van der Waals surface area contributed by atoms with Crippen LogP contribution in [0.1, 0.15) is 19.8 Å². The highest BCUT2D eigenvalue weighted by Crippen LogP contribution is 2.27. The van der Waals surface area contributed by atoms with Crippen molar-refractivity contribution in [2.24, 2.45) is 5.73 Å². The van der Waals surface area contributed by atoms with Gasteiger partial charge in [0.1, 0.15) is 0 Å². The molecule has 0 aromatic heterocycles. The average molecular weight is 264 g/mol. The molecule has 0 aromatic rings. The third kappa shape index (κ3) is 3.91. The first-order valence-corrected chi connectivity index (χ1v) is 7.97. The van der Waals surface area contributed by atoms with E-state index in [9.17, 15) is 8.42 Å². The molecule has 1 rings (SSSR count). The molecule has 0 aromatic carbocycles. The van der Waals surface area contributed by atoms with Crippen LogP contribution in [0.5, 0.6) is 0 Å². The molecule has 5 nitrogen and oxygen atoms in total. The maximum atomic E-state index is 11.7. The highest BCUT2D eigenvalue weighted by molar-refractivity contribution is 7.91. The Morgan fingerprint density at radius 1 is 1.47 bits per heavy atom. The first kappa shape index (κ1) is 14.9. The monoisotopic (exact) mass is 264 g/mol. The SMILES string of the molecule is CCOCCN(C)C1(CN)CCCS(=O)(=O)C1. The fourth-order valence-corrected chi connectivity index (χ4v) is 4.41. The Labute approximate surface area is 104 Å². The van der Waals surface area contributed by atoms with Gasteiger partial charge >= 0.3 is 0 Å². The molecule has 0 amide bonds. The van der Waals surface area contributed by atoms with Gasteiger partial charge in [0.15, 0.2) is 9.84 Å². The zero-order valence-corrected chi connectivity index (χ0v) is 11.6. The number of likely N-dealkylation sites (N-methyl/N-ethyl adjacent to an activating group) is 1. The molecular weight excluding hydrogens is 240 g/mol. The smallest absolute Gasteiger partial charge is 0.152 e. The van der Waals surface area contributed by atoms with Gasteiger partial charge in [0.25, 0.3) is 0 Å². The Hall–Kier alpha value is -0.170. The predicted octanol–water partition coefficient (Wildman–Crippen LogP) is -0.139. The van der Waals surface area contributed by atoms with Gasteiger partial charge in [-0.05, 0) is 26.8 Å². The van der Waals surface area contributed by atoms with Gasteiger partial charge < -0.3 is 10.5 Å². The van der Waals surface area contributed by atoms with Crippen LogP contribution in [0.25, 0.3) is 0 Å². The van der Waals surface area contributed by atoms with Crippen LogP contribution < -0.4 is 5.73 Å². The van der Waals surface area contributed by atoms with Crippen molar-refractivity contribution in [3.63, 3.8) is 0 Å². The number of sulfone groups is 1. The summed E-state index contributed by atoms with van der Waals surface area (Å²) in [7, 11) is -1.00. The maximum Gasteiger partial charge on any atom is 0.152 e. The van der Waals surface area contributed by atoms with Crippen LogP contribution in [0.15, 0.2) is 0 Å². The minimum Gasteiger partial charge on any atom is -0.380 e. The Kier molecular flexibility index (Phi) is 5.37. The van der Waals surface area contributed by atoms with E-state index in [1.54, 1.807) is 0 Å². The molecule has 0 radical (unpaired) electrons. The van der Waals surface area contributed by atoms with Crippen molar-refractivity contribution in [3.8, 4) is 0 Å². The van der Waals surface area contributed by atoms with Crippen molar-refractivity contribution < 1.29 is 13.2 Å². The summed E-state index contributed by atoms with van der Waals surface area (Å²) in [4.78, 5) is 2.05. The summed E-state index contributed by atoms with van der Waals surface area (Å²) in [6, 6.07) is 0. The van der Waals surface area contributed by atoms with Crippen molar-refractivity contribution in [1.29, 1.82) is 0 Å². The molecule has 102 valence electrons. The number of hydrogen-bond acceptors (Lipinski definition) is 5. The van der Waals surface area contributed by atoms with Gasteiger partial charge in [-0.3, -0.25) is 4.90 Å². The molecule has 1 saturated heterocycles. The number of nitrogens with zero attached hydrogens (tertiary/aromatic N) is 1. The zero-order valence-electron chi connectivity index (χ0n) is 10.8. The van der Waals surface area contributed by atoms with Crippen molar-refractivity contribution in [2.75, 3.05) is 44.9 Å². The Bertz CT molecular complexity index is 332. The van der Waals surface area contributed by atoms with Crippen LogP contribution in [0.3, 0.4) is 0 Å². The summed E-state index contributed by atoms with van der Waals surface area (Å²) in [5, 5.41) is 0. The second kappa shape index (κ2) is 6.13. The van der Waals surface area contributed by atoms with E-state index in [-0.39, 0.29) is 5.75 Å². The summed E-state index contributed by atoms with van der Waals surface area (Å²) in [6.45, 7) is 4.36. The fourth-order valence-electron chi connectivity index (χ4n) is 2.38. The Morgan fingerprint density at radius 3 is 2.71 bits per heavy atom. The van der Waals surface area contributed by atoms with Crippen molar-refractivity contribution >= 4 is 9.84 Å². The molecule has 2 N–H and O–H groups in total. The van der Waals surface area contributed by atoms with Crippen LogP contribution in [0.2, 0.25) is 0 Å². The number of hydrogen-bond donors (Lipinski definition) is 1. The van der Waals surface area contributed by atoms with E-state index in [4.69, 9.17) is 10.5 Å². The highest BCUT2D eigenvalue weighted by Gasteiger charge is 2.40. The lowest BCUT2D eigenvalue weighted by Crippen LogP contribution is -2.59. The minimum absolute atomic E-state index is 0.180. The molecule has 6 heteroatoms. The summed E-state index contributed by atoms with van der Waals surface area (Å²) < 4.78 is 28.8. The molecule has 1 aliphatic heterocycles. The van der Waals surface area contributed by atoms with Gasteiger partial charge in [-0.1, -0.05) is 0 Å². The van der Waals surface area contributed by atoms with Gasteiger partial charge in [0, 0.05) is 25.2 Å². The molecule has 1 atom stereocenters. The van der Waals surface area contributed by atoms with E-state index >= 15 is 0 Å². The van der Waals surface area contributed by atoms with E-state index in [2.05, 4.69) is 4.90 Å². The summed E-state index contributed by atoms with van der Waals surface area (Å²) in [5.41, 5.74) is 5.42. The Morgan fingerprint density at radius 2 is 2.18 bits per heavy atom. The largest absolute Gasteiger partial charge is 0.380 e. The number of ether oxygens (including phenoxy) is 1. The van der Waals surface area contributed by atoms with E-state index in [0.29, 0.717) is 31.9 Å². The highest BCUT2D eigenvalue weighted by atomic mass is 32.2. The third-order valence-electron chi connectivity index (χ3n) is 3.55. The normalized spacial score (nSPS) is 28.5. The number of rotatable bonds is 6. The molecule has 0 bridgehead atoms. The molecule has 17 heavy (non-hydrogen) atoms. The lowest BCUT2D eigenvalue weighted by Gasteiger charge is -2.43. The van der Waals surface area contributed by atoms with Gasteiger partial charge in [0.2, 0.25) is 0 Å². The van der Waals surface area contributed by atoms with Gasteiger partial charge in [-0.25, -0.2) is 8.42 Å². The zero-order chi connectivity index (χ0) is 12.9. The second-order valence-electron chi connectivity index (χ2n) is 4.74. The molecule has 1 aliphatic rings. The minimum atomic E-state index is -2.94. The van der Waals surface area contributed by atoms with E-state index < -0.39 is 15.4 Å². The molecule has 1 heterocycles. The third-order valence-corrected chi connectivity index (χ3v) is 5.44. The lowest BCUT2D eigenvalue weighted by atomic mass is 9.93. The van der Waals surface area contributed by atoms with Crippen molar-refractivity contribution in [1.82, 2.24) is 4.90 Å². The summed E-state index contributed by atoms with van der Waals surface area (Å²) in [5.74, 6) is 0.479. The summed E-state index contributed by atoms with van der Waals surface area (Å²) >= 11 is 0. The first-order chi connectivity index (χ1) is 7.96. The molecule has 1 unspecified atom stereocenters. The van der Waals surface area contributed by atoms with Gasteiger partial charge in [0.05, 0.1) is 18.1 Å². The van der Waals surface area contributed by atoms with Gasteiger partial charge in [-0.2, -0.15) is 0 Å². The van der Waals surface area contributed by atoms with Gasteiger partial charge in [-0.15, -0.1) is 0 Å². The quantitative estimate of drug-likeness (QED) is 0.676. The Balaban J connectivity index is 2.67. The van der Waals surface area contributed by atoms with E-state index in [0.717, 1.165) is 13.0 Å². The van der Waals surface area contributed by atoms with Crippen LogP contribution in [-0.4, -0.2) is 63.7 Å². The van der Waals surface area contributed by atoms with Crippen LogP contribution >= 0.6 is 0 Å². The lowest BCUT2D eigenvalue weighted by molar-refractivity contribution is 0.0711. The van der Waals surface area contributed by atoms with Crippen molar-refractivity contribution in [2.45, 2.75) is 25.3 Å². The maximum absolute atomic E-state index is 11.7. The molecule has 0 saturated carbocycles. The van der Waals surface area contributed by atoms with E-state index in [1.165, 1.54) is 0 Å². The second-order valence-corrected chi connectivity index (χ2v) is 6.93. The van der Waals surface area contributed by atoms with E-state index in [1.807, 2.05) is 14.0 Å². The standard InChI is InChI=1S/C11H24N2O3S/c1-3-16-7-6-13(2)11(9-12)5-4-8-17(14,15)10-11/h3-10,12H2,1-2H3. The number of nitrogens with two attached hydrogens (primary N) is 1. The topological polar surface area (TPSA) is 72.6 Å². The molecule has 0 spiro atoms. The fraction of sp³-hybridized carbons (Fsp3) is 1.00. The molecule has 1 fully saturated rings. The van der Waals surface area contributed by atoms with Crippen LogP contribution in [0.4, 0.5) is 0 Å². The predicted molar refractivity (Wildman–Crippen MR) is 68.8 cm³/mol. The first-order valence-electron chi connectivity index (χ1n) is 6.15. The van der Waals surface area contributed by atoms with Crippen LogP contribution in [-0.2, 0) is 14.6 Å². The summed E-state index contributed by atoms with van der Waals surface area (Å²) in [6.07, 6.45) is 1.56. The average Bonchev–Trinajstić information content (AvgIpc) is 2.27. The molecule has 0 aliphatic carbocycles. The van der Waals surface area contributed by atoms with Crippen molar-refractivity contribution in [3.05, 3.63) is 0 Å².